The van der Waals surface area contributed by atoms with Gasteiger partial charge in [-0.25, -0.2) is 4.39 Å². The van der Waals surface area contributed by atoms with Crippen LogP contribution in [0.1, 0.15) is 18.9 Å². The van der Waals surface area contributed by atoms with Crippen molar-refractivity contribution in [1.29, 1.82) is 0 Å². The molecule has 116 valence electrons. The summed E-state index contributed by atoms with van der Waals surface area (Å²) in [6.07, 6.45) is 4.17. The highest BCUT2D eigenvalue weighted by Gasteiger charge is 2.09. The number of halogens is 1. The highest BCUT2D eigenvalue weighted by molar-refractivity contribution is 5.76. The lowest BCUT2D eigenvalue weighted by atomic mass is 10.1. The topological polar surface area (TPSA) is 51.2 Å². The van der Waals surface area contributed by atoms with Gasteiger partial charge in [0.1, 0.15) is 6.10 Å². The summed E-state index contributed by atoms with van der Waals surface area (Å²) in [7, 11) is 0. The van der Waals surface area contributed by atoms with Crippen molar-refractivity contribution >= 4 is 5.91 Å². The van der Waals surface area contributed by atoms with Crippen LogP contribution >= 0.6 is 0 Å². The standard InChI is InChI=1S/C17H19FN2O2/c1-13(22-16-7-3-2-6-15(16)18)11-20-17(21)9-8-14-5-4-10-19-12-14/h2-7,10,12-13H,8-9,11H2,1H3,(H,20,21)/t13-/m0/s1. The smallest absolute Gasteiger partial charge is 0.220 e. The number of amides is 1. The van der Waals surface area contributed by atoms with Gasteiger partial charge in [-0.05, 0) is 37.1 Å². The van der Waals surface area contributed by atoms with Crippen molar-refractivity contribution < 1.29 is 13.9 Å². The van der Waals surface area contributed by atoms with Crippen LogP contribution < -0.4 is 10.1 Å². The Labute approximate surface area is 129 Å². The minimum Gasteiger partial charge on any atom is -0.486 e. The van der Waals surface area contributed by atoms with E-state index in [0.717, 1.165) is 5.56 Å². The van der Waals surface area contributed by atoms with Crippen molar-refractivity contribution in [2.75, 3.05) is 6.54 Å². The number of pyridine rings is 1. The van der Waals surface area contributed by atoms with Crippen molar-refractivity contribution in [3.63, 3.8) is 0 Å². The van der Waals surface area contributed by atoms with Crippen LogP contribution in [0, 0.1) is 5.82 Å². The number of aromatic nitrogens is 1. The summed E-state index contributed by atoms with van der Waals surface area (Å²) in [4.78, 5) is 15.8. The van der Waals surface area contributed by atoms with Crippen LogP contribution in [0.3, 0.4) is 0 Å². The second-order valence-electron chi connectivity index (χ2n) is 5.02. The minimum atomic E-state index is -0.405. The van der Waals surface area contributed by atoms with E-state index in [-0.39, 0.29) is 17.8 Å². The van der Waals surface area contributed by atoms with E-state index in [1.165, 1.54) is 6.07 Å². The lowest BCUT2D eigenvalue weighted by Crippen LogP contribution is -2.33. The Morgan fingerprint density at radius 3 is 2.86 bits per heavy atom. The number of hydrogen-bond acceptors (Lipinski definition) is 3. The molecule has 2 aromatic rings. The molecule has 1 aromatic heterocycles. The molecule has 1 heterocycles. The van der Waals surface area contributed by atoms with Gasteiger partial charge in [0.15, 0.2) is 11.6 Å². The predicted molar refractivity (Wildman–Crippen MR) is 82.1 cm³/mol. The van der Waals surface area contributed by atoms with E-state index in [9.17, 15) is 9.18 Å². The van der Waals surface area contributed by atoms with Gasteiger partial charge in [0.2, 0.25) is 5.91 Å². The number of carbonyl (C=O) groups excluding carboxylic acids is 1. The fourth-order valence-electron chi connectivity index (χ4n) is 1.95. The number of ether oxygens (including phenoxy) is 1. The van der Waals surface area contributed by atoms with Crippen LogP contribution in [0.25, 0.3) is 0 Å². The zero-order valence-electron chi connectivity index (χ0n) is 12.5. The number of nitrogens with zero attached hydrogens (tertiary/aromatic N) is 1. The molecule has 0 spiro atoms. The molecule has 0 radical (unpaired) electrons. The zero-order valence-corrected chi connectivity index (χ0v) is 12.5. The molecule has 0 saturated heterocycles. The van der Waals surface area contributed by atoms with Crippen LogP contribution in [0.15, 0.2) is 48.8 Å². The van der Waals surface area contributed by atoms with E-state index in [4.69, 9.17) is 4.74 Å². The van der Waals surface area contributed by atoms with E-state index in [0.29, 0.717) is 19.4 Å². The monoisotopic (exact) mass is 302 g/mol. The molecule has 22 heavy (non-hydrogen) atoms. The third-order valence-corrected chi connectivity index (χ3v) is 3.12. The molecular weight excluding hydrogens is 283 g/mol. The van der Waals surface area contributed by atoms with Gasteiger partial charge in [-0.1, -0.05) is 18.2 Å². The van der Waals surface area contributed by atoms with Crippen LogP contribution in [0.5, 0.6) is 5.75 Å². The first-order valence-corrected chi connectivity index (χ1v) is 7.22. The molecule has 5 heteroatoms. The third-order valence-electron chi connectivity index (χ3n) is 3.12. The fourth-order valence-corrected chi connectivity index (χ4v) is 1.95. The molecule has 1 aromatic carbocycles. The maximum absolute atomic E-state index is 13.4. The van der Waals surface area contributed by atoms with Gasteiger partial charge in [0.25, 0.3) is 0 Å². The van der Waals surface area contributed by atoms with Crippen LogP contribution in [0.2, 0.25) is 0 Å². The van der Waals surface area contributed by atoms with Gasteiger partial charge in [-0.2, -0.15) is 0 Å². The molecule has 2 rings (SSSR count). The van der Waals surface area contributed by atoms with Gasteiger partial charge in [0, 0.05) is 18.8 Å². The van der Waals surface area contributed by atoms with Crippen molar-refractivity contribution in [3.05, 3.63) is 60.2 Å². The summed E-state index contributed by atoms with van der Waals surface area (Å²) in [5.74, 6) is -0.273. The Morgan fingerprint density at radius 2 is 2.14 bits per heavy atom. The third kappa shape index (κ3) is 5.16. The van der Waals surface area contributed by atoms with Crippen LogP contribution in [-0.2, 0) is 11.2 Å². The predicted octanol–water partition coefficient (Wildman–Crippen LogP) is 2.74. The number of hydrogen-bond donors (Lipinski definition) is 1. The average Bonchev–Trinajstić information content (AvgIpc) is 2.54. The molecule has 0 saturated carbocycles. The van der Waals surface area contributed by atoms with E-state index < -0.39 is 5.82 Å². The quantitative estimate of drug-likeness (QED) is 0.855. The van der Waals surface area contributed by atoms with Crippen molar-refractivity contribution in [2.24, 2.45) is 0 Å². The molecule has 1 amide bonds. The van der Waals surface area contributed by atoms with Crippen molar-refractivity contribution in [2.45, 2.75) is 25.9 Å². The Hall–Kier alpha value is -2.43. The van der Waals surface area contributed by atoms with Gasteiger partial charge < -0.3 is 10.1 Å². The Morgan fingerprint density at radius 1 is 1.32 bits per heavy atom. The number of rotatable bonds is 7. The number of benzene rings is 1. The molecule has 0 unspecified atom stereocenters. The molecular formula is C17H19FN2O2. The van der Waals surface area contributed by atoms with Crippen molar-refractivity contribution in [3.8, 4) is 5.75 Å². The summed E-state index contributed by atoms with van der Waals surface area (Å²) < 4.78 is 18.9. The molecule has 4 nitrogen and oxygen atoms in total. The maximum atomic E-state index is 13.4. The first-order chi connectivity index (χ1) is 10.6. The Balaban J connectivity index is 1.71. The van der Waals surface area contributed by atoms with Crippen LogP contribution in [-0.4, -0.2) is 23.5 Å². The zero-order chi connectivity index (χ0) is 15.8. The number of carbonyl (C=O) groups is 1. The molecule has 0 aliphatic carbocycles. The van der Waals surface area contributed by atoms with Gasteiger partial charge in [-0.15, -0.1) is 0 Å². The summed E-state index contributed by atoms with van der Waals surface area (Å²) in [6, 6.07) is 10.00. The fraction of sp³-hybridized carbons (Fsp3) is 0.294. The summed E-state index contributed by atoms with van der Waals surface area (Å²) in [6.45, 7) is 2.12. The second-order valence-corrected chi connectivity index (χ2v) is 5.02. The average molecular weight is 302 g/mol. The van der Waals surface area contributed by atoms with E-state index in [1.807, 2.05) is 12.1 Å². The van der Waals surface area contributed by atoms with Gasteiger partial charge in [0.05, 0.1) is 6.54 Å². The number of aryl methyl sites for hydroxylation is 1. The largest absolute Gasteiger partial charge is 0.486 e. The summed E-state index contributed by atoms with van der Waals surface area (Å²) >= 11 is 0. The van der Waals surface area contributed by atoms with E-state index >= 15 is 0 Å². The van der Waals surface area contributed by atoms with E-state index in [1.54, 1.807) is 37.5 Å². The summed E-state index contributed by atoms with van der Waals surface area (Å²) in [5, 5.41) is 2.79. The lowest BCUT2D eigenvalue weighted by molar-refractivity contribution is -0.121. The van der Waals surface area contributed by atoms with Crippen LogP contribution in [0.4, 0.5) is 4.39 Å². The lowest BCUT2D eigenvalue weighted by Gasteiger charge is -2.15. The first kappa shape index (κ1) is 15.9. The molecule has 0 aliphatic rings. The maximum Gasteiger partial charge on any atom is 0.220 e. The van der Waals surface area contributed by atoms with Gasteiger partial charge >= 0.3 is 0 Å². The Bertz CT molecular complexity index is 605. The molecule has 0 fully saturated rings. The Kier molecular flexibility index (Phi) is 5.89. The summed E-state index contributed by atoms with van der Waals surface area (Å²) in [5.41, 5.74) is 1.02. The highest BCUT2D eigenvalue weighted by Crippen LogP contribution is 2.16. The molecule has 0 bridgehead atoms. The number of para-hydroxylation sites is 1. The number of nitrogens with one attached hydrogen (secondary N) is 1. The highest BCUT2D eigenvalue weighted by atomic mass is 19.1. The molecule has 0 aliphatic heterocycles. The SMILES string of the molecule is C[C@@H](CNC(=O)CCc1cccnc1)Oc1ccccc1F. The molecule has 1 N–H and O–H groups in total. The first-order valence-electron chi connectivity index (χ1n) is 7.22. The normalized spacial score (nSPS) is 11.7. The minimum absolute atomic E-state index is 0.0622. The van der Waals surface area contributed by atoms with E-state index in [2.05, 4.69) is 10.3 Å². The van der Waals surface area contributed by atoms with Gasteiger partial charge in [-0.3, -0.25) is 9.78 Å². The molecule has 1 atom stereocenters. The second kappa shape index (κ2) is 8.12. The van der Waals surface area contributed by atoms with Crippen molar-refractivity contribution in [1.82, 2.24) is 10.3 Å².